The van der Waals surface area contributed by atoms with E-state index < -0.39 is 0 Å². The first-order valence-electron chi connectivity index (χ1n) is 9.29. The van der Waals surface area contributed by atoms with Gasteiger partial charge in [0.1, 0.15) is 6.33 Å². The molecule has 0 spiro atoms. The summed E-state index contributed by atoms with van der Waals surface area (Å²) in [4.78, 5) is 16.0. The van der Waals surface area contributed by atoms with Crippen LogP contribution in [0.2, 0.25) is 0 Å². The van der Waals surface area contributed by atoms with E-state index in [1.165, 1.54) is 48.2 Å². The van der Waals surface area contributed by atoms with E-state index >= 15 is 0 Å². The molecule has 128 valence electrons. The SMILES string of the molecule is Cc1ccc2c(n1)c1c(n2CCc2ccncn2)CCN2CCCC12. The van der Waals surface area contributed by atoms with Gasteiger partial charge in [0, 0.05) is 60.8 Å². The van der Waals surface area contributed by atoms with Crippen molar-refractivity contribution in [1.29, 1.82) is 0 Å². The maximum absolute atomic E-state index is 4.95. The number of aryl methyl sites for hydroxylation is 3. The quantitative estimate of drug-likeness (QED) is 0.739. The lowest BCUT2D eigenvalue weighted by Gasteiger charge is -2.30. The second-order valence-corrected chi connectivity index (χ2v) is 7.23. The van der Waals surface area contributed by atoms with E-state index in [1.807, 2.05) is 12.3 Å². The average Bonchev–Trinajstić information content (AvgIpc) is 3.22. The summed E-state index contributed by atoms with van der Waals surface area (Å²) in [6, 6.07) is 6.98. The zero-order valence-electron chi connectivity index (χ0n) is 14.6. The van der Waals surface area contributed by atoms with Crippen LogP contribution in [-0.2, 0) is 19.4 Å². The van der Waals surface area contributed by atoms with Crippen molar-refractivity contribution < 1.29 is 0 Å². The monoisotopic (exact) mass is 333 g/mol. The Morgan fingerprint density at radius 1 is 1.20 bits per heavy atom. The van der Waals surface area contributed by atoms with Crippen LogP contribution < -0.4 is 0 Å². The zero-order valence-corrected chi connectivity index (χ0v) is 14.6. The maximum atomic E-state index is 4.95. The fourth-order valence-corrected chi connectivity index (χ4v) is 4.63. The summed E-state index contributed by atoms with van der Waals surface area (Å²) in [5.74, 6) is 0. The first kappa shape index (κ1) is 15.0. The Morgan fingerprint density at radius 2 is 2.16 bits per heavy atom. The van der Waals surface area contributed by atoms with Crippen LogP contribution in [0, 0.1) is 6.92 Å². The van der Waals surface area contributed by atoms with Crippen molar-refractivity contribution >= 4 is 11.0 Å². The smallest absolute Gasteiger partial charge is 0.115 e. The van der Waals surface area contributed by atoms with Gasteiger partial charge in [-0.25, -0.2) is 9.97 Å². The second kappa shape index (κ2) is 5.92. The molecule has 3 aromatic heterocycles. The molecule has 0 saturated carbocycles. The minimum absolute atomic E-state index is 0.570. The van der Waals surface area contributed by atoms with Gasteiger partial charge in [-0.3, -0.25) is 9.88 Å². The molecule has 0 aromatic carbocycles. The summed E-state index contributed by atoms with van der Waals surface area (Å²) in [6.07, 6.45) is 8.11. The van der Waals surface area contributed by atoms with Crippen molar-refractivity contribution in [3.8, 4) is 0 Å². The molecule has 5 heteroatoms. The molecule has 1 saturated heterocycles. The number of nitrogens with zero attached hydrogens (tertiary/aromatic N) is 5. The third-order valence-electron chi connectivity index (χ3n) is 5.76. The van der Waals surface area contributed by atoms with Crippen LogP contribution in [0.25, 0.3) is 11.0 Å². The Morgan fingerprint density at radius 3 is 3.04 bits per heavy atom. The normalized spacial score (nSPS) is 20.0. The van der Waals surface area contributed by atoms with Gasteiger partial charge >= 0.3 is 0 Å². The Kier molecular flexibility index (Phi) is 3.55. The molecular formula is C20H23N5. The van der Waals surface area contributed by atoms with Gasteiger partial charge in [-0.2, -0.15) is 0 Å². The molecule has 0 bridgehead atoms. The topological polar surface area (TPSA) is 46.8 Å². The summed E-state index contributed by atoms with van der Waals surface area (Å²) in [6.45, 7) is 5.48. The molecule has 2 aliphatic rings. The molecule has 1 unspecified atom stereocenters. The number of fused-ring (bicyclic) bond motifs is 5. The first-order valence-corrected chi connectivity index (χ1v) is 9.29. The predicted octanol–water partition coefficient (Wildman–Crippen LogP) is 3.07. The lowest BCUT2D eigenvalue weighted by atomic mass is 9.98. The van der Waals surface area contributed by atoms with E-state index in [-0.39, 0.29) is 0 Å². The van der Waals surface area contributed by atoms with Crippen LogP contribution in [0.1, 0.15) is 41.5 Å². The van der Waals surface area contributed by atoms with Crippen molar-refractivity contribution in [2.75, 3.05) is 13.1 Å². The highest BCUT2D eigenvalue weighted by atomic mass is 15.2. The van der Waals surface area contributed by atoms with Gasteiger partial charge in [-0.15, -0.1) is 0 Å². The number of aromatic nitrogens is 4. The molecule has 5 nitrogen and oxygen atoms in total. The van der Waals surface area contributed by atoms with Crippen molar-refractivity contribution in [1.82, 2.24) is 24.4 Å². The van der Waals surface area contributed by atoms with Crippen molar-refractivity contribution in [3.05, 3.63) is 53.4 Å². The molecule has 3 aromatic rings. The molecule has 5 heterocycles. The molecule has 0 N–H and O–H groups in total. The Bertz CT molecular complexity index is 915. The fraction of sp³-hybridized carbons (Fsp3) is 0.450. The number of pyridine rings is 1. The largest absolute Gasteiger partial charge is 0.342 e. The third-order valence-corrected chi connectivity index (χ3v) is 5.76. The van der Waals surface area contributed by atoms with E-state index in [0.29, 0.717) is 6.04 Å². The van der Waals surface area contributed by atoms with Gasteiger partial charge < -0.3 is 4.57 Å². The molecule has 1 fully saturated rings. The molecule has 0 amide bonds. The molecule has 0 radical (unpaired) electrons. The molecule has 1 atom stereocenters. The van der Waals surface area contributed by atoms with Crippen molar-refractivity contribution in [2.45, 2.75) is 45.2 Å². The summed E-state index contributed by atoms with van der Waals surface area (Å²) >= 11 is 0. The first-order chi connectivity index (χ1) is 12.3. The standard InChI is InChI=1S/C20H23N5/c1-14-4-5-18-20(23-14)19-16-3-2-10-24(16)11-8-17(19)25(18)12-7-15-6-9-21-13-22-15/h4-6,9,13,16H,2-3,7-8,10-12H2,1H3. The van der Waals surface area contributed by atoms with Gasteiger partial charge in [-0.1, -0.05) is 0 Å². The van der Waals surface area contributed by atoms with Crippen LogP contribution in [-0.4, -0.2) is 37.5 Å². The van der Waals surface area contributed by atoms with E-state index in [2.05, 4.69) is 38.5 Å². The summed E-state index contributed by atoms with van der Waals surface area (Å²) < 4.78 is 2.51. The Labute approximate surface area is 147 Å². The third kappa shape index (κ3) is 2.45. The van der Waals surface area contributed by atoms with Crippen LogP contribution >= 0.6 is 0 Å². The van der Waals surface area contributed by atoms with Crippen LogP contribution in [0.4, 0.5) is 0 Å². The minimum Gasteiger partial charge on any atom is -0.342 e. The molecule has 2 aliphatic heterocycles. The Balaban J connectivity index is 1.61. The zero-order chi connectivity index (χ0) is 16.8. The van der Waals surface area contributed by atoms with Crippen molar-refractivity contribution in [3.63, 3.8) is 0 Å². The number of hydrogen-bond acceptors (Lipinski definition) is 4. The van der Waals surface area contributed by atoms with Gasteiger partial charge in [0.15, 0.2) is 0 Å². The second-order valence-electron chi connectivity index (χ2n) is 7.23. The highest BCUT2D eigenvalue weighted by Crippen LogP contribution is 2.42. The predicted molar refractivity (Wildman–Crippen MR) is 97.5 cm³/mol. The van der Waals surface area contributed by atoms with E-state index in [9.17, 15) is 0 Å². The minimum atomic E-state index is 0.570. The van der Waals surface area contributed by atoms with Crippen molar-refractivity contribution in [2.24, 2.45) is 0 Å². The van der Waals surface area contributed by atoms with Gasteiger partial charge in [-0.05, 0) is 44.5 Å². The van der Waals surface area contributed by atoms with Gasteiger partial charge in [0.2, 0.25) is 0 Å². The van der Waals surface area contributed by atoms with Crippen LogP contribution in [0.5, 0.6) is 0 Å². The average molecular weight is 333 g/mol. The summed E-state index contributed by atoms with van der Waals surface area (Å²) in [7, 11) is 0. The Hall–Kier alpha value is -2.27. The highest BCUT2D eigenvalue weighted by molar-refractivity contribution is 5.83. The maximum Gasteiger partial charge on any atom is 0.115 e. The number of hydrogen-bond donors (Lipinski definition) is 0. The van der Waals surface area contributed by atoms with E-state index in [1.54, 1.807) is 6.33 Å². The van der Waals surface area contributed by atoms with Gasteiger partial charge in [0.05, 0.1) is 11.0 Å². The van der Waals surface area contributed by atoms with Gasteiger partial charge in [0.25, 0.3) is 0 Å². The summed E-state index contributed by atoms with van der Waals surface area (Å²) in [5.41, 5.74) is 7.74. The molecule has 5 rings (SSSR count). The van der Waals surface area contributed by atoms with E-state index in [4.69, 9.17) is 4.98 Å². The van der Waals surface area contributed by atoms with Crippen LogP contribution in [0.3, 0.4) is 0 Å². The lowest BCUT2D eigenvalue weighted by molar-refractivity contribution is 0.241. The number of rotatable bonds is 3. The summed E-state index contributed by atoms with van der Waals surface area (Å²) in [5, 5.41) is 0. The van der Waals surface area contributed by atoms with Crippen LogP contribution in [0.15, 0.2) is 30.7 Å². The fourth-order valence-electron chi connectivity index (χ4n) is 4.63. The molecule has 25 heavy (non-hydrogen) atoms. The lowest BCUT2D eigenvalue weighted by Crippen LogP contribution is -2.31. The highest BCUT2D eigenvalue weighted by Gasteiger charge is 2.35. The van der Waals surface area contributed by atoms with E-state index in [0.717, 1.165) is 30.8 Å². The molecular weight excluding hydrogens is 310 g/mol. The molecule has 0 aliphatic carbocycles.